The Bertz CT molecular complexity index is 919. The van der Waals surface area contributed by atoms with Gasteiger partial charge in [-0.05, 0) is 42.8 Å². The standard InChI is InChI=1S/C15H12FN3O3S/c1-10-7-12(16)9-13(8-10)23(20,21)19-15-18-17-14(22-15)11-5-3-2-4-6-11/h2-9H,1H3,(H,18,19). The fourth-order valence-electron chi connectivity index (χ4n) is 1.99. The van der Waals surface area contributed by atoms with Crippen molar-refractivity contribution in [1.82, 2.24) is 10.2 Å². The highest BCUT2D eigenvalue weighted by atomic mass is 32.2. The second-order valence-electron chi connectivity index (χ2n) is 4.85. The Labute approximate surface area is 132 Å². The molecule has 118 valence electrons. The van der Waals surface area contributed by atoms with Crippen molar-refractivity contribution in [3.05, 3.63) is 59.9 Å². The van der Waals surface area contributed by atoms with Crippen molar-refractivity contribution < 1.29 is 17.2 Å². The molecule has 3 rings (SSSR count). The molecule has 0 spiro atoms. The van der Waals surface area contributed by atoms with Crippen LogP contribution in [0.4, 0.5) is 10.4 Å². The zero-order chi connectivity index (χ0) is 16.4. The van der Waals surface area contributed by atoms with Crippen molar-refractivity contribution >= 4 is 16.0 Å². The van der Waals surface area contributed by atoms with Crippen molar-refractivity contribution in [2.24, 2.45) is 0 Å². The molecule has 8 heteroatoms. The average molecular weight is 333 g/mol. The Balaban J connectivity index is 1.88. The number of rotatable bonds is 4. The third kappa shape index (κ3) is 3.37. The Kier molecular flexibility index (Phi) is 3.83. The lowest BCUT2D eigenvalue weighted by Crippen LogP contribution is -2.13. The third-order valence-corrected chi connectivity index (χ3v) is 4.29. The van der Waals surface area contributed by atoms with Crippen LogP contribution in [0.1, 0.15) is 5.56 Å². The minimum Gasteiger partial charge on any atom is -0.403 e. The summed E-state index contributed by atoms with van der Waals surface area (Å²) in [6.45, 7) is 1.60. The Morgan fingerprint density at radius 2 is 1.83 bits per heavy atom. The van der Waals surface area contributed by atoms with E-state index in [4.69, 9.17) is 4.42 Å². The fourth-order valence-corrected chi connectivity index (χ4v) is 3.03. The van der Waals surface area contributed by atoms with Gasteiger partial charge >= 0.3 is 6.01 Å². The van der Waals surface area contributed by atoms with E-state index in [-0.39, 0.29) is 16.8 Å². The molecule has 0 radical (unpaired) electrons. The van der Waals surface area contributed by atoms with Crippen molar-refractivity contribution in [2.75, 3.05) is 4.72 Å². The van der Waals surface area contributed by atoms with Crippen molar-refractivity contribution in [3.63, 3.8) is 0 Å². The normalized spacial score (nSPS) is 11.4. The first-order valence-electron chi connectivity index (χ1n) is 6.63. The number of hydrogen-bond donors (Lipinski definition) is 1. The zero-order valence-corrected chi connectivity index (χ0v) is 12.8. The molecule has 1 aromatic heterocycles. The Morgan fingerprint density at radius 3 is 2.52 bits per heavy atom. The maximum atomic E-state index is 13.4. The Morgan fingerprint density at radius 1 is 1.09 bits per heavy atom. The molecule has 0 aliphatic carbocycles. The highest BCUT2D eigenvalue weighted by Crippen LogP contribution is 2.22. The number of benzene rings is 2. The highest BCUT2D eigenvalue weighted by Gasteiger charge is 2.19. The minimum atomic E-state index is -4.01. The van der Waals surface area contributed by atoms with Crippen LogP contribution in [0.25, 0.3) is 11.5 Å². The van der Waals surface area contributed by atoms with Crippen LogP contribution in [-0.4, -0.2) is 18.6 Å². The van der Waals surface area contributed by atoms with Gasteiger partial charge in [0.15, 0.2) is 0 Å². The first kappa shape index (κ1) is 15.2. The summed E-state index contributed by atoms with van der Waals surface area (Å²) in [5, 5.41) is 7.43. The predicted octanol–water partition coefficient (Wildman–Crippen LogP) is 2.98. The molecule has 0 bridgehead atoms. The largest absolute Gasteiger partial charge is 0.403 e. The number of nitrogens with one attached hydrogen (secondary N) is 1. The van der Waals surface area contributed by atoms with Gasteiger partial charge in [-0.3, -0.25) is 0 Å². The fraction of sp³-hybridized carbons (Fsp3) is 0.0667. The van der Waals surface area contributed by atoms with Gasteiger partial charge in [-0.2, -0.15) is 0 Å². The predicted molar refractivity (Wildman–Crippen MR) is 81.7 cm³/mol. The summed E-state index contributed by atoms with van der Waals surface area (Å²) in [5.74, 6) is -0.459. The van der Waals surface area contributed by atoms with E-state index in [0.717, 1.165) is 6.07 Å². The van der Waals surface area contributed by atoms with Gasteiger partial charge in [0.1, 0.15) is 5.82 Å². The van der Waals surface area contributed by atoms with Gasteiger partial charge < -0.3 is 4.42 Å². The number of halogens is 1. The molecule has 0 atom stereocenters. The lowest BCUT2D eigenvalue weighted by atomic mass is 10.2. The van der Waals surface area contributed by atoms with Crippen LogP contribution in [-0.2, 0) is 10.0 Å². The Hall–Kier alpha value is -2.74. The van der Waals surface area contributed by atoms with Crippen LogP contribution in [0.3, 0.4) is 0 Å². The average Bonchev–Trinajstić information content (AvgIpc) is 2.95. The minimum absolute atomic E-state index is 0.179. The number of aryl methyl sites for hydroxylation is 1. The number of hydrogen-bond acceptors (Lipinski definition) is 5. The van der Waals surface area contributed by atoms with Gasteiger partial charge in [0.2, 0.25) is 5.89 Å². The summed E-state index contributed by atoms with van der Waals surface area (Å²) >= 11 is 0. The first-order chi connectivity index (χ1) is 10.9. The van der Waals surface area contributed by atoms with Gasteiger partial charge in [-0.25, -0.2) is 17.5 Å². The van der Waals surface area contributed by atoms with E-state index in [2.05, 4.69) is 14.9 Å². The molecule has 1 heterocycles. The van der Waals surface area contributed by atoms with E-state index in [0.29, 0.717) is 11.1 Å². The van der Waals surface area contributed by atoms with Gasteiger partial charge in [0, 0.05) is 5.56 Å². The van der Waals surface area contributed by atoms with Crippen molar-refractivity contribution in [1.29, 1.82) is 0 Å². The van der Waals surface area contributed by atoms with Gasteiger partial charge in [0.05, 0.1) is 4.90 Å². The topological polar surface area (TPSA) is 85.1 Å². The molecule has 0 saturated carbocycles. The third-order valence-electron chi connectivity index (χ3n) is 2.99. The van der Waals surface area contributed by atoms with Gasteiger partial charge in [-0.1, -0.05) is 23.3 Å². The lowest BCUT2D eigenvalue weighted by Gasteiger charge is -2.05. The van der Waals surface area contributed by atoms with Crippen LogP contribution in [0.5, 0.6) is 0 Å². The van der Waals surface area contributed by atoms with Crippen LogP contribution >= 0.6 is 0 Å². The SMILES string of the molecule is Cc1cc(F)cc(S(=O)(=O)Nc2nnc(-c3ccccc3)o2)c1. The van der Waals surface area contributed by atoms with E-state index in [9.17, 15) is 12.8 Å². The second-order valence-corrected chi connectivity index (χ2v) is 6.53. The smallest absolute Gasteiger partial charge is 0.330 e. The molecule has 0 aliphatic heterocycles. The number of sulfonamides is 1. The van der Waals surface area contributed by atoms with E-state index in [1.165, 1.54) is 12.1 Å². The highest BCUT2D eigenvalue weighted by molar-refractivity contribution is 7.92. The molecule has 0 unspecified atom stereocenters. The van der Waals surface area contributed by atoms with E-state index in [1.54, 1.807) is 31.2 Å². The first-order valence-corrected chi connectivity index (χ1v) is 8.11. The zero-order valence-electron chi connectivity index (χ0n) is 12.0. The second kappa shape index (κ2) is 5.81. The number of nitrogens with zero attached hydrogens (tertiary/aromatic N) is 2. The lowest BCUT2D eigenvalue weighted by molar-refractivity contribution is 0.575. The van der Waals surface area contributed by atoms with Crippen LogP contribution in [0, 0.1) is 12.7 Å². The molecule has 0 fully saturated rings. The maximum absolute atomic E-state index is 13.4. The molecule has 23 heavy (non-hydrogen) atoms. The molecule has 6 nitrogen and oxygen atoms in total. The molecule has 3 aromatic rings. The summed E-state index contributed by atoms with van der Waals surface area (Å²) in [6, 6.07) is 12.1. The van der Waals surface area contributed by atoms with Crippen LogP contribution < -0.4 is 4.72 Å². The molecule has 0 aliphatic rings. The number of aromatic nitrogens is 2. The molecular weight excluding hydrogens is 321 g/mol. The summed E-state index contributed by atoms with van der Waals surface area (Å²) in [4.78, 5) is -0.213. The van der Waals surface area contributed by atoms with E-state index < -0.39 is 15.8 Å². The van der Waals surface area contributed by atoms with Gasteiger partial charge in [-0.15, -0.1) is 5.10 Å². The summed E-state index contributed by atoms with van der Waals surface area (Å²) in [7, 11) is -4.01. The van der Waals surface area contributed by atoms with Crippen molar-refractivity contribution in [3.8, 4) is 11.5 Å². The molecule has 1 N–H and O–H groups in total. The number of anilines is 1. The summed E-state index contributed by atoms with van der Waals surface area (Å²) in [6.07, 6.45) is 0. The summed E-state index contributed by atoms with van der Waals surface area (Å²) < 4.78 is 45.3. The maximum Gasteiger partial charge on any atom is 0.330 e. The molecule has 2 aromatic carbocycles. The summed E-state index contributed by atoms with van der Waals surface area (Å²) in [5.41, 5.74) is 1.15. The van der Waals surface area contributed by atoms with Crippen molar-refractivity contribution in [2.45, 2.75) is 11.8 Å². The quantitative estimate of drug-likeness (QED) is 0.793. The van der Waals surface area contributed by atoms with E-state index >= 15 is 0 Å². The van der Waals surface area contributed by atoms with E-state index in [1.807, 2.05) is 6.07 Å². The molecular formula is C15H12FN3O3S. The van der Waals surface area contributed by atoms with Gasteiger partial charge in [0.25, 0.3) is 10.0 Å². The van der Waals surface area contributed by atoms with Crippen LogP contribution in [0.2, 0.25) is 0 Å². The molecule has 0 saturated heterocycles. The van der Waals surface area contributed by atoms with Crippen LogP contribution in [0.15, 0.2) is 57.8 Å². The molecule has 0 amide bonds. The monoisotopic (exact) mass is 333 g/mol.